The van der Waals surface area contributed by atoms with E-state index in [1.54, 1.807) is 7.11 Å². The third kappa shape index (κ3) is 1.13. The van der Waals surface area contributed by atoms with Crippen LogP contribution in [-0.2, 0) is 11.2 Å². The van der Waals surface area contributed by atoms with Crippen molar-refractivity contribution in [2.75, 3.05) is 7.11 Å². The first-order valence-corrected chi connectivity index (χ1v) is 4.51. The standard InChI is InChI=1S/C10H11ClO/c1-12-10-8-5-3-2-4-7(8)6-9(10)11/h2-5,9-10H,6H2,1H3/t9-,10+/m1/s1. The summed E-state index contributed by atoms with van der Waals surface area (Å²) in [6.45, 7) is 0. The van der Waals surface area contributed by atoms with Gasteiger partial charge in [0.1, 0.15) is 0 Å². The summed E-state index contributed by atoms with van der Waals surface area (Å²) >= 11 is 6.12. The van der Waals surface area contributed by atoms with Crippen molar-refractivity contribution >= 4 is 11.6 Å². The van der Waals surface area contributed by atoms with Gasteiger partial charge in [-0.2, -0.15) is 0 Å². The van der Waals surface area contributed by atoms with Gasteiger partial charge in [-0.15, -0.1) is 11.6 Å². The summed E-state index contributed by atoms with van der Waals surface area (Å²) in [5, 5.41) is 0.104. The lowest BCUT2D eigenvalue weighted by atomic mass is 10.1. The van der Waals surface area contributed by atoms with E-state index in [1.807, 2.05) is 12.1 Å². The third-order valence-electron chi connectivity index (χ3n) is 2.36. The highest BCUT2D eigenvalue weighted by atomic mass is 35.5. The fourth-order valence-corrected chi connectivity index (χ4v) is 2.19. The first kappa shape index (κ1) is 8.09. The molecular formula is C10H11ClO. The van der Waals surface area contributed by atoms with Crippen LogP contribution in [0.4, 0.5) is 0 Å². The molecular weight excluding hydrogens is 172 g/mol. The van der Waals surface area contributed by atoms with E-state index in [0.717, 1.165) is 6.42 Å². The normalized spacial score (nSPS) is 27.2. The Morgan fingerprint density at radius 1 is 1.42 bits per heavy atom. The third-order valence-corrected chi connectivity index (χ3v) is 2.74. The van der Waals surface area contributed by atoms with Crippen molar-refractivity contribution in [1.29, 1.82) is 0 Å². The lowest BCUT2D eigenvalue weighted by Gasteiger charge is -2.12. The molecule has 1 aromatic rings. The molecule has 0 spiro atoms. The fraction of sp³-hybridized carbons (Fsp3) is 0.400. The highest BCUT2D eigenvalue weighted by molar-refractivity contribution is 6.21. The van der Waals surface area contributed by atoms with Crippen LogP contribution in [0.1, 0.15) is 17.2 Å². The topological polar surface area (TPSA) is 9.23 Å². The Hall–Kier alpha value is -0.530. The maximum atomic E-state index is 6.12. The van der Waals surface area contributed by atoms with Crippen LogP contribution in [0.15, 0.2) is 24.3 Å². The van der Waals surface area contributed by atoms with Gasteiger partial charge in [-0.3, -0.25) is 0 Å². The number of alkyl halides is 1. The first-order valence-electron chi connectivity index (χ1n) is 4.07. The lowest BCUT2D eigenvalue weighted by Crippen LogP contribution is -2.08. The SMILES string of the molecule is CO[C@H]1c2ccccc2C[C@H]1Cl. The van der Waals surface area contributed by atoms with Gasteiger partial charge < -0.3 is 4.74 Å². The predicted octanol–water partition coefficient (Wildman–Crippen LogP) is 2.54. The van der Waals surface area contributed by atoms with Gasteiger partial charge in [-0.25, -0.2) is 0 Å². The first-order chi connectivity index (χ1) is 5.83. The van der Waals surface area contributed by atoms with Crippen molar-refractivity contribution in [2.45, 2.75) is 17.9 Å². The van der Waals surface area contributed by atoms with E-state index in [2.05, 4.69) is 12.1 Å². The second-order valence-corrected chi connectivity index (χ2v) is 3.64. The number of benzene rings is 1. The fourth-order valence-electron chi connectivity index (χ4n) is 1.78. The van der Waals surface area contributed by atoms with E-state index in [0.29, 0.717) is 0 Å². The molecule has 0 aromatic heterocycles. The molecule has 0 saturated heterocycles. The summed E-state index contributed by atoms with van der Waals surface area (Å²) in [4.78, 5) is 0. The van der Waals surface area contributed by atoms with Crippen LogP contribution >= 0.6 is 11.6 Å². The summed E-state index contributed by atoms with van der Waals surface area (Å²) in [5.41, 5.74) is 2.57. The Bertz CT molecular complexity index is 285. The van der Waals surface area contributed by atoms with E-state index in [-0.39, 0.29) is 11.5 Å². The molecule has 0 radical (unpaired) electrons. The minimum Gasteiger partial charge on any atom is -0.375 e. The van der Waals surface area contributed by atoms with Gasteiger partial charge in [0.05, 0.1) is 11.5 Å². The average Bonchev–Trinajstić information content (AvgIpc) is 2.40. The highest BCUT2D eigenvalue weighted by Crippen LogP contribution is 2.36. The number of fused-ring (bicyclic) bond motifs is 1. The van der Waals surface area contributed by atoms with Crippen molar-refractivity contribution in [3.05, 3.63) is 35.4 Å². The summed E-state index contributed by atoms with van der Waals surface area (Å²) in [5.74, 6) is 0. The van der Waals surface area contributed by atoms with Gasteiger partial charge in [0.2, 0.25) is 0 Å². The Balaban J connectivity index is 2.40. The second kappa shape index (κ2) is 3.08. The van der Waals surface area contributed by atoms with Crippen LogP contribution < -0.4 is 0 Å². The average molecular weight is 183 g/mol. The van der Waals surface area contributed by atoms with E-state index >= 15 is 0 Å². The maximum absolute atomic E-state index is 6.12. The smallest absolute Gasteiger partial charge is 0.0990 e. The van der Waals surface area contributed by atoms with Crippen LogP contribution in [0.2, 0.25) is 0 Å². The van der Waals surface area contributed by atoms with Gasteiger partial charge >= 0.3 is 0 Å². The molecule has 1 aliphatic rings. The second-order valence-electron chi connectivity index (χ2n) is 3.08. The monoisotopic (exact) mass is 182 g/mol. The molecule has 0 N–H and O–H groups in total. The Labute approximate surface area is 77.3 Å². The Morgan fingerprint density at radius 2 is 2.17 bits per heavy atom. The van der Waals surface area contributed by atoms with Crippen LogP contribution in [0, 0.1) is 0 Å². The number of hydrogen-bond donors (Lipinski definition) is 0. The number of halogens is 1. The molecule has 0 bridgehead atoms. The Kier molecular flexibility index (Phi) is 2.07. The molecule has 0 fully saturated rings. The summed E-state index contributed by atoms with van der Waals surface area (Å²) < 4.78 is 5.32. The van der Waals surface area contributed by atoms with Crippen molar-refractivity contribution < 1.29 is 4.74 Å². The van der Waals surface area contributed by atoms with Crippen molar-refractivity contribution in [3.8, 4) is 0 Å². The molecule has 2 atom stereocenters. The zero-order chi connectivity index (χ0) is 8.55. The van der Waals surface area contributed by atoms with E-state index in [1.165, 1.54) is 11.1 Å². The maximum Gasteiger partial charge on any atom is 0.0990 e. The van der Waals surface area contributed by atoms with E-state index in [9.17, 15) is 0 Å². The zero-order valence-corrected chi connectivity index (χ0v) is 7.71. The van der Waals surface area contributed by atoms with Gasteiger partial charge in [0.25, 0.3) is 0 Å². The largest absolute Gasteiger partial charge is 0.375 e. The summed E-state index contributed by atoms with van der Waals surface area (Å²) in [7, 11) is 1.71. The summed E-state index contributed by atoms with van der Waals surface area (Å²) in [6.07, 6.45) is 1.01. The number of methoxy groups -OCH3 is 1. The quantitative estimate of drug-likeness (QED) is 0.607. The molecule has 2 heteroatoms. The molecule has 0 amide bonds. The minimum atomic E-state index is 0.0860. The van der Waals surface area contributed by atoms with Crippen LogP contribution in [-0.4, -0.2) is 12.5 Å². The van der Waals surface area contributed by atoms with Gasteiger partial charge in [-0.1, -0.05) is 24.3 Å². The number of ether oxygens (including phenoxy) is 1. The molecule has 1 aliphatic carbocycles. The zero-order valence-electron chi connectivity index (χ0n) is 6.96. The van der Waals surface area contributed by atoms with E-state index < -0.39 is 0 Å². The molecule has 0 heterocycles. The predicted molar refractivity (Wildman–Crippen MR) is 49.5 cm³/mol. The van der Waals surface area contributed by atoms with E-state index in [4.69, 9.17) is 16.3 Å². The highest BCUT2D eigenvalue weighted by Gasteiger charge is 2.30. The number of hydrogen-bond acceptors (Lipinski definition) is 1. The van der Waals surface area contributed by atoms with Gasteiger partial charge in [0, 0.05) is 7.11 Å². The molecule has 0 aliphatic heterocycles. The molecule has 2 rings (SSSR count). The molecule has 0 unspecified atom stereocenters. The van der Waals surface area contributed by atoms with Crippen molar-refractivity contribution in [1.82, 2.24) is 0 Å². The van der Waals surface area contributed by atoms with Crippen molar-refractivity contribution in [3.63, 3.8) is 0 Å². The summed E-state index contributed by atoms with van der Waals surface area (Å²) in [6, 6.07) is 8.27. The minimum absolute atomic E-state index is 0.0860. The molecule has 12 heavy (non-hydrogen) atoms. The Morgan fingerprint density at radius 3 is 2.92 bits per heavy atom. The molecule has 1 aromatic carbocycles. The lowest BCUT2D eigenvalue weighted by molar-refractivity contribution is 0.108. The van der Waals surface area contributed by atoms with Gasteiger partial charge in [-0.05, 0) is 17.5 Å². The van der Waals surface area contributed by atoms with Crippen LogP contribution in [0.3, 0.4) is 0 Å². The van der Waals surface area contributed by atoms with Crippen LogP contribution in [0.25, 0.3) is 0 Å². The van der Waals surface area contributed by atoms with Crippen LogP contribution in [0.5, 0.6) is 0 Å². The van der Waals surface area contributed by atoms with Crippen molar-refractivity contribution in [2.24, 2.45) is 0 Å². The molecule has 0 saturated carbocycles. The molecule has 1 nitrogen and oxygen atoms in total. The number of rotatable bonds is 1. The van der Waals surface area contributed by atoms with Gasteiger partial charge in [0.15, 0.2) is 0 Å². The molecule has 64 valence electrons.